The molecule has 0 aromatic heterocycles. The summed E-state index contributed by atoms with van der Waals surface area (Å²) in [4.78, 5) is 12.1. The molecule has 0 saturated carbocycles. The second kappa shape index (κ2) is 8.75. The Kier molecular flexibility index (Phi) is 7.31. The van der Waals surface area contributed by atoms with Crippen LogP contribution in [-0.2, 0) is 11.2 Å². The van der Waals surface area contributed by atoms with Crippen molar-refractivity contribution < 1.29 is 4.79 Å². The summed E-state index contributed by atoms with van der Waals surface area (Å²) in [5.41, 5.74) is 1.06. The van der Waals surface area contributed by atoms with Gasteiger partial charge in [-0.2, -0.15) is 0 Å². The molecule has 0 atom stereocenters. The minimum atomic E-state index is -0.283. The van der Waals surface area contributed by atoms with E-state index in [1.54, 1.807) is 0 Å². The summed E-state index contributed by atoms with van der Waals surface area (Å²) in [5, 5.41) is 6.11. The number of carbonyl (C=O) groups is 1. The summed E-state index contributed by atoms with van der Waals surface area (Å²) in [5.74, 6) is 0.168. The van der Waals surface area contributed by atoms with Crippen LogP contribution in [0, 0.1) is 5.41 Å². The van der Waals surface area contributed by atoms with Crippen molar-refractivity contribution >= 4 is 5.91 Å². The zero-order valence-corrected chi connectivity index (χ0v) is 13.0. The fourth-order valence-corrected chi connectivity index (χ4v) is 2.20. The van der Waals surface area contributed by atoms with Crippen molar-refractivity contribution in [1.29, 1.82) is 0 Å². The van der Waals surface area contributed by atoms with Crippen LogP contribution in [0.25, 0.3) is 0 Å². The normalized spacial score (nSPS) is 11.3. The zero-order chi connectivity index (χ0) is 14.8. The van der Waals surface area contributed by atoms with Gasteiger partial charge in [0.25, 0.3) is 0 Å². The highest BCUT2D eigenvalue weighted by molar-refractivity contribution is 5.81. The van der Waals surface area contributed by atoms with E-state index in [2.05, 4.69) is 34.9 Å². The van der Waals surface area contributed by atoms with Crippen LogP contribution < -0.4 is 10.6 Å². The molecule has 20 heavy (non-hydrogen) atoms. The molecule has 0 spiro atoms. The molecule has 0 heterocycles. The number of rotatable bonds is 9. The van der Waals surface area contributed by atoms with E-state index in [9.17, 15) is 4.79 Å². The molecule has 3 nitrogen and oxygen atoms in total. The second-order valence-corrected chi connectivity index (χ2v) is 5.94. The molecule has 1 amide bonds. The van der Waals surface area contributed by atoms with Crippen LogP contribution >= 0.6 is 0 Å². The fourth-order valence-electron chi connectivity index (χ4n) is 2.20. The van der Waals surface area contributed by atoms with Gasteiger partial charge in [0.1, 0.15) is 0 Å². The highest BCUT2D eigenvalue weighted by Crippen LogP contribution is 2.23. The van der Waals surface area contributed by atoms with E-state index in [1.807, 2.05) is 27.0 Å². The topological polar surface area (TPSA) is 41.1 Å². The molecule has 1 aromatic carbocycles. The predicted octanol–water partition coefficient (Wildman–Crippen LogP) is 2.76. The molecule has 1 aromatic rings. The average molecular weight is 276 g/mol. The lowest BCUT2D eigenvalue weighted by molar-refractivity contribution is -0.129. The van der Waals surface area contributed by atoms with Crippen LogP contribution in [0.4, 0.5) is 0 Å². The SMILES string of the molecule is CNCCCNC(=O)C(C)(C)CCCc1ccccc1. The first-order chi connectivity index (χ1) is 9.56. The number of benzene rings is 1. The lowest BCUT2D eigenvalue weighted by atomic mass is 9.85. The molecule has 0 radical (unpaired) electrons. The van der Waals surface area contributed by atoms with Gasteiger partial charge < -0.3 is 10.6 Å². The van der Waals surface area contributed by atoms with Gasteiger partial charge in [-0.1, -0.05) is 44.2 Å². The number of hydrogen-bond acceptors (Lipinski definition) is 2. The van der Waals surface area contributed by atoms with Crippen molar-refractivity contribution in [3.8, 4) is 0 Å². The van der Waals surface area contributed by atoms with Crippen LogP contribution in [-0.4, -0.2) is 26.0 Å². The van der Waals surface area contributed by atoms with Crippen molar-refractivity contribution in [3.63, 3.8) is 0 Å². The number of carbonyl (C=O) groups excluding carboxylic acids is 1. The fraction of sp³-hybridized carbons (Fsp3) is 0.588. The predicted molar refractivity (Wildman–Crippen MR) is 84.7 cm³/mol. The van der Waals surface area contributed by atoms with Gasteiger partial charge in [-0.3, -0.25) is 4.79 Å². The number of nitrogens with one attached hydrogen (secondary N) is 2. The number of amides is 1. The summed E-state index contributed by atoms with van der Waals surface area (Å²) in [6.45, 7) is 5.76. The second-order valence-electron chi connectivity index (χ2n) is 5.94. The smallest absolute Gasteiger partial charge is 0.225 e. The van der Waals surface area contributed by atoms with Crippen molar-refractivity contribution in [2.24, 2.45) is 5.41 Å². The van der Waals surface area contributed by atoms with E-state index in [0.29, 0.717) is 0 Å². The quantitative estimate of drug-likeness (QED) is 0.681. The van der Waals surface area contributed by atoms with Crippen LogP contribution in [0.3, 0.4) is 0 Å². The molecule has 0 saturated heterocycles. The Labute approximate surface area is 123 Å². The van der Waals surface area contributed by atoms with E-state index in [-0.39, 0.29) is 11.3 Å². The summed E-state index contributed by atoms with van der Waals surface area (Å²) >= 11 is 0. The molecule has 3 heteroatoms. The van der Waals surface area contributed by atoms with Gasteiger partial charge in [0, 0.05) is 12.0 Å². The molecule has 112 valence electrons. The minimum absolute atomic E-state index is 0.168. The van der Waals surface area contributed by atoms with Gasteiger partial charge in [-0.15, -0.1) is 0 Å². The van der Waals surface area contributed by atoms with Gasteiger partial charge in [-0.05, 0) is 44.8 Å². The van der Waals surface area contributed by atoms with Crippen LogP contribution in [0.2, 0.25) is 0 Å². The molecule has 0 aliphatic carbocycles. The Morgan fingerprint density at radius 1 is 1.10 bits per heavy atom. The number of aryl methyl sites for hydroxylation is 1. The third kappa shape index (κ3) is 6.20. The molecule has 0 aliphatic heterocycles. The average Bonchev–Trinajstić information content (AvgIpc) is 2.44. The van der Waals surface area contributed by atoms with E-state index in [4.69, 9.17) is 0 Å². The summed E-state index contributed by atoms with van der Waals surface area (Å²) in [6, 6.07) is 10.4. The van der Waals surface area contributed by atoms with Crippen molar-refractivity contribution in [3.05, 3.63) is 35.9 Å². The molecular formula is C17H28N2O. The maximum absolute atomic E-state index is 12.1. The Morgan fingerprint density at radius 2 is 1.80 bits per heavy atom. The number of hydrogen-bond donors (Lipinski definition) is 2. The van der Waals surface area contributed by atoms with Gasteiger partial charge in [0.2, 0.25) is 5.91 Å². The third-order valence-electron chi connectivity index (χ3n) is 3.61. The molecule has 0 bridgehead atoms. The Morgan fingerprint density at radius 3 is 2.45 bits per heavy atom. The Balaban J connectivity index is 2.27. The lowest BCUT2D eigenvalue weighted by Gasteiger charge is -2.23. The van der Waals surface area contributed by atoms with Crippen LogP contribution in [0.1, 0.15) is 38.7 Å². The summed E-state index contributed by atoms with van der Waals surface area (Å²) in [7, 11) is 1.93. The minimum Gasteiger partial charge on any atom is -0.356 e. The molecular weight excluding hydrogens is 248 g/mol. The van der Waals surface area contributed by atoms with Crippen molar-refractivity contribution in [2.45, 2.75) is 39.5 Å². The van der Waals surface area contributed by atoms with Crippen LogP contribution in [0.15, 0.2) is 30.3 Å². The monoisotopic (exact) mass is 276 g/mol. The first kappa shape index (κ1) is 16.7. The highest BCUT2D eigenvalue weighted by atomic mass is 16.2. The van der Waals surface area contributed by atoms with E-state index >= 15 is 0 Å². The standard InChI is InChI=1S/C17H28N2O/c1-17(2,16(20)19-14-8-13-18-3)12-7-11-15-9-5-4-6-10-15/h4-6,9-10,18H,7-8,11-14H2,1-3H3,(H,19,20). The van der Waals surface area contributed by atoms with Crippen molar-refractivity contribution in [1.82, 2.24) is 10.6 Å². The molecule has 1 rings (SSSR count). The van der Waals surface area contributed by atoms with Crippen molar-refractivity contribution in [2.75, 3.05) is 20.1 Å². The van der Waals surface area contributed by atoms with E-state index < -0.39 is 0 Å². The third-order valence-corrected chi connectivity index (χ3v) is 3.61. The maximum atomic E-state index is 12.1. The summed E-state index contributed by atoms with van der Waals surface area (Å²) < 4.78 is 0. The van der Waals surface area contributed by atoms with Gasteiger partial charge in [-0.25, -0.2) is 0 Å². The van der Waals surface area contributed by atoms with Gasteiger partial charge in [0.05, 0.1) is 0 Å². The van der Waals surface area contributed by atoms with E-state index in [0.717, 1.165) is 38.8 Å². The Bertz CT molecular complexity index is 387. The first-order valence-electron chi connectivity index (χ1n) is 7.53. The first-order valence-corrected chi connectivity index (χ1v) is 7.53. The largest absolute Gasteiger partial charge is 0.356 e. The van der Waals surface area contributed by atoms with Gasteiger partial charge in [0.15, 0.2) is 0 Å². The maximum Gasteiger partial charge on any atom is 0.225 e. The van der Waals surface area contributed by atoms with Gasteiger partial charge >= 0.3 is 0 Å². The molecule has 0 unspecified atom stereocenters. The van der Waals surface area contributed by atoms with E-state index in [1.165, 1.54) is 5.56 Å². The molecule has 0 aliphatic rings. The molecule has 0 fully saturated rings. The zero-order valence-electron chi connectivity index (χ0n) is 13.0. The highest BCUT2D eigenvalue weighted by Gasteiger charge is 2.26. The summed E-state index contributed by atoms with van der Waals surface area (Å²) in [6.07, 6.45) is 3.97. The Hall–Kier alpha value is -1.35. The molecule has 2 N–H and O–H groups in total. The lowest BCUT2D eigenvalue weighted by Crippen LogP contribution is -2.38. The van der Waals surface area contributed by atoms with Crippen LogP contribution in [0.5, 0.6) is 0 Å².